The maximum atomic E-state index is 13.5. The number of anilines is 1. The third-order valence-corrected chi connectivity index (χ3v) is 12.1. The number of nitrogens with zero attached hydrogens (tertiary/aromatic N) is 1. The number of carboxylic acid groups (broad SMARTS) is 1. The molecule has 7 rings (SSSR count). The van der Waals surface area contributed by atoms with Gasteiger partial charge in [-0.15, -0.1) is 11.8 Å². The fourth-order valence-electron chi connectivity index (χ4n) is 7.78. The number of aliphatic carboxylic acids is 1. The number of nitrogens with one attached hydrogen (secondary N) is 2. The van der Waals surface area contributed by atoms with Crippen LogP contribution in [-0.2, 0) is 25.4 Å². The summed E-state index contributed by atoms with van der Waals surface area (Å²) in [4.78, 5) is 67.7. The number of thiazole rings is 1. The van der Waals surface area contributed by atoms with Crippen molar-refractivity contribution in [1.29, 1.82) is 0 Å². The molecule has 16 heteroatoms. The molecule has 3 aromatic rings. The van der Waals surface area contributed by atoms with Crippen LogP contribution in [0.1, 0.15) is 28.3 Å². The molecule has 7 atom stereocenters. The second-order valence-corrected chi connectivity index (χ2v) is 14.3. The van der Waals surface area contributed by atoms with Crippen LogP contribution in [0.15, 0.2) is 52.3 Å². The number of alkyl halides is 3. The molecule has 3 amide bonds. The van der Waals surface area contributed by atoms with Gasteiger partial charge in [-0.05, 0) is 54.5 Å². The summed E-state index contributed by atoms with van der Waals surface area (Å²) >= 11 is 8.88. The van der Waals surface area contributed by atoms with Crippen LogP contribution in [0.5, 0.6) is 5.75 Å². The van der Waals surface area contributed by atoms with Crippen molar-refractivity contribution in [3.63, 3.8) is 0 Å². The molecule has 1 aromatic heterocycles. The lowest BCUT2D eigenvalue weighted by Crippen LogP contribution is -2.42. The van der Waals surface area contributed by atoms with Crippen LogP contribution < -0.4 is 14.9 Å². The normalized spacial score (nSPS) is 27.7. The summed E-state index contributed by atoms with van der Waals surface area (Å²) in [6.45, 7) is -1.35. The third-order valence-electron chi connectivity index (χ3n) is 9.28. The lowest BCUT2D eigenvalue weighted by Gasteiger charge is -2.43. The van der Waals surface area contributed by atoms with Crippen LogP contribution >= 0.6 is 34.7 Å². The van der Waals surface area contributed by atoms with E-state index >= 15 is 0 Å². The molecule has 2 bridgehead atoms. The zero-order valence-electron chi connectivity index (χ0n) is 23.4. The van der Waals surface area contributed by atoms with Gasteiger partial charge >= 0.3 is 17.0 Å². The van der Waals surface area contributed by atoms with Gasteiger partial charge in [0, 0.05) is 26.6 Å². The molecule has 2 aliphatic heterocycles. The Labute approximate surface area is 271 Å². The number of fused-ring (bicyclic) bond motifs is 9. The van der Waals surface area contributed by atoms with E-state index in [1.807, 2.05) is 0 Å². The quantitative estimate of drug-likeness (QED) is 0.303. The Hall–Kier alpha value is -3.82. The number of para-hydroxylation sites is 1. The maximum Gasteiger partial charge on any atom is 0.418 e. The molecule has 2 saturated carbocycles. The number of aromatic amines is 1. The Bertz CT molecular complexity index is 1860. The molecule has 6 unspecified atom stereocenters. The number of ether oxygens (including phenoxy) is 1. The Kier molecular flexibility index (Phi) is 7.48. The molecule has 1 saturated heterocycles. The molecule has 3 heterocycles. The molecule has 3 fully saturated rings. The van der Waals surface area contributed by atoms with Gasteiger partial charge in [0.05, 0.1) is 28.1 Å². The highest BCUT2D eigenvalue weighted by molar-refractivity contribution is 8.00. The van der Waals surface area contributed by atoms with E-state index in [4.69, 9.17) is 16.3 Å². The van der Waals surface area contributed by atoms with Gasteiger partial charge in [-0.2, -0.15) is 13.2 Å². The van der Waals surface area contributed by atoms with Crippen LogP contribution in [0.3, 0.4) is 0 Å². The number of amides is 3. The summed E-state index contributed by atoms with van der Waals surface area (Å²) in [7, 11) is 0. The van der Waals surface area contributed by atoms with E-state index in [2.05, 4.69) is 10.3 Å². The molecular weight excluding hydrogens is 671 g/mol. The minimum Gasteiger partial charge on any atom is -0.483 e. The number of thioether (sulfide) groups is 1. The molecule has 0 spiro atoms. The van der Waals surface area contributed by atoms with Gasteiger partial charge in [0.15, 0.2) is 6.61 Å². The van der Waals surface area contributed by atoms with Crippen LogP contribution in [0.25, 0.3) is 0 Å². The van der Waals surface area contributed by atoms with Crippen molar-refractivity contribution in [2.75, 3.05) is 18.5 Å². The first kappa shape index (κ1) is 30.8. The van der Waals surface area contributed by atoms with Gasteiger partial charge in [0.1, 0.15) is 12.3 Å². The summed E-state index contributed by atoms with van der Waals surface area (Å²) < 4.78 is 46.3. The van der Waals surface area contributed by atoms with Crippen LogP contribution in [-0.4, -0.2) is 57.1 Å². The van der Waals surface area contributed by atoms with E-state index in [-0.39, 0.29) is 33.6 Å². The number of aromatic nitrogens is 1. The molecule has 4 aliphatic rings. The highest BCUT2D eigenvalue weighted by atomic mass is 35.5. The smallest absolute Gasteiger partial charge is 0.418 e. The van der Waals surface area contributed by atoms with E-state index in [0.717, 1.165) is 28.4 Å². The van der Waals surface area contributed by atoms with E-state index in [1.54, 1.807) is 6.07 Å². The molecule has 46 heavy (non-hydrogen) atoms. The number of likely N-dealkylation sites (tertiary alicyclic amines) is 1. The van der Waals surface area contributed by atoms with E-state index in [0.29, 0.717) is 26.9 Å². The standard InChI is InChI=1S/C30H23ClF3N3O7S2/c31-11-5-6-17(44-10-18(38)35-16-4-2-1-3-15(16)30(32,33)34)12(7-11)20-21-13-8-14(24(21)45-26-25(20)46-29(43)36-26)23-22(13)27(41)37(28(23)42)9-19(39)40/h1-7,13-14,20-24H,8-10H2,(H,35,38)(H,36,43)(H,39,40)/t13?,14?,20-,21?,22?,23?,24?/m1/s1. The van der Waals surface area contributed by atoms with Crippen molar-refractivity contribution in [3.05, 3.63) is 73.2 Å². The first-order valence-corrected chi connectivity index (χ1v) is 16.3. The highest BCUT2D eigenvalue weighted by Gasteiger charge is 2.69. The molecular formula is C30H23ClF3N3O7S2. The Morgan fingerprint density at radius 3 is 2.52 bits per heavy atom. The van der Waals surface area contributed by atoms with E-state index in [1.165, 1.54) is 36.0 Å². The Balaban J connectivity index is 1.22. The largest absolute Gasteiger partial charge is 0.483 e. The summed E-state index contributed by atoms with van der Waals surface area (Å²) in [6, 6.07) is 9.28. The zero-order chi connectivity index (χ0) is 32.7. The minimum atomic E-state index is -4.69. The second-order valence-electron chi connectivity index (χ2n) is 11.7. The number of carbonyl (C=O) groups excluding carboxylic acids is 3. The minimum absolute atomic E-state index is 0.204. The van der Waals surface area contributed by atoms with Crippen molar-refractivity contribution in [2.24, 2.45) is 29.6 Å². The van der Waals surface area contributed by atoms with Crippen LogP contribution in [0, 0.1) is 29.6 Å². The number of hydrogen-bond donors (Lipinski definition) is 3. The van der Waals surface area contributed by atoms with Crippen LogP contribution in [0.4, 0.5) is 18.9 Å². The number of carbonyl (C=O) groups is 4. The van der Waals surface area contributed by atoms with Gasteiger partial charge < -0.3 is 20.1 Å². The molecule has 2 aliphatic carbocycles. The lowest BCUT2D eigenvalue weighted by molar-refractivity contribution is -0.149. The fourth-order valence-corrected chi connectivity index (χ4v) is 10.8. The summed E-state index contributed by atoms with van der Waals surface area (Å²) in [6.07, 6.45) is -4.13. The molecule has 240 valence electrons. The lowest BCUT2D eigenvalue weighted by atomic mass is 9.68. The topological polar surface area (TPSA) is 146 Å². The van der Waals surface area contributed by atoms with E-state index < -0.39 is 72.0 Å². The fraction of sp³-hybridized carbons (Fsp3) is 0.367. The van der Waals surface area contributed by atoms with Gasteiger partial charge in [-0.3, -0.25) is 28.9 Å². The van der Waals surface area contributed by atoms with Crippen molar-refractivity contribution < 1.29 is 42.2 Å². The predicted octanol–water partition coefficient (Wildman–Crippen LogP) is 4.68. The number of carboxylic acids is 1. The first-order chi connectivity index (χ1) is 21.8. The van der Waals surface area contributed by atoms with Crippen molar-refractivity contribution >= 4 is 64.1 Å². The van der Waals surface area contributed by atoms with Gasteiger partial charge in [-0.1, -0.05) is 35.1 Å². The zero-order valence-corrected chi connectivity index (χ0v) is 25.8. The number of halogens is 4. The summed E-state index contributed by atoms with van der Waals surface area (Å²) in [5.41, 5.74) is -0.906. The Morgan fingerprint density at radius 1 is 1.09 bits per heavy atom. The highest BCUT2D eigenvalue weighted by Crippen LogP contribution is 2.69. The summed E-state index contributed by atoms with van der Waals surface area (Å²) in [5.74, 6) is -5.65. The SMILES string of the molecule is O=C(O)CN1C(=O)C2C3CC(C2C1=O)C1C3Sc2[nH]c(=O)sc2[C@@H]1c1cc(Cl)ccc1OCC(=O)Nc1ccccc1C(F)(F)F. The predicted molar refractivity (Wildman–Crippen MR) is 160 cm³/mol. The van der Waals surface area contributed by atoms with Gasteiger partial charge in [0.25, 0.3) is 5.91 Å². The average Bonchev–Trinajstić information content (AvgIpc) is 3.72. The monoisotopic (exact) mass is 693 g/mol. The Morgan fingerprint density at radius 2 is 1.80 bits per heavy atom. The number of hydrogen-bond acceptors (Lipinski definition) is 8. The number of H-pyrrole nitrogens is 1. The van der Waals surface area contributed by atoms with Gasteiger partial charge in [0.2, 0.25) is 11.8 Å². The molecule has 3 N–H and O–H groups in total. The van der Waals surface area contributed by atoms with Gasteiger partial charge in [-0.25, -0.2) is 0 Å². The van der Waals surface area contributed by atoms with Crippen molar-refractivity contribution in [1.82, 2.24) is 9.88 Å². The number of rotatable bonds is 7. The second kappa shape index (κ2) is 11.2. The summed E-state index contributed by atoms with van der Waals surface area (Å²) in [5, 5.41) is 12.3. The van der Waals surface area contributed by atoms with Crippen molar-refractivity contribution in [3.8, 4) is 5.75 Å². The molecule has 2 aromatic carbocycles. The number of imide groups is 1. The first-order valence-electron chi connectivity index (χ1n) is 14.2. The maximum absolute atomic E-state index is 13.5. The van der Waals surface area contributed by atoms with Crippen LogP contribution in [0.2, 0.25) is 5.02 Å². The number of benzene rings is 2. The molecule has 0 radical (unpaired) electrons. The van der Waals surface area contributed by atoms with E-state index in [9.17, 15) is 42.3 Å². The average molecular weight is 694 g/mol. The third kappa shape index (κ3) is 4.99. The van der Waals surface area contributed by atoms with Crippen molar-refractivity contribution in [2.45, 2.75) is 28.8 Å². The molecule has 10 nitrogen and oxygen atoms in total.